The number of aliphatic hydroxyl groups excluding tert-OH is 1. The second-order valence-corrected chi connectivity index (χ2v) is 1.72. The Morgan fingerprint density at radius 1 is 1.78 bits per heavy atom. The summed E-state index contributed by atoms with van der Waals surface area (Å²) >= 11 is 0. The Labute approximate surface area is 52.7 Å². The maximum absolute atomic E-state index is 10.2. The van der Waals surface area contributed by atoms with Gasteiger partial charge in [0, 0.05) is 6.54 Å². The lowest BCUT2D eigenvalue weighted by molar-refractivity contribution is -0.386. The van der Waals surface area contributed by atoms with Crippen molar-refractivity contribution >= 4 is 6.21 Å². The first-order valence-electron chi connectivity index (χ1n) is 2.70. The molecular weight excluding hydrogens is 120 g/mol. The Kier molecular flexibility index (Phi) is 1.69. The fraction of sp³-hybridized carbons (Fsp3) is 0.400. The first kappa shape index (κ1) is 6.10. The van der Waals surface area contributed by atoms with Crippen molar-refractivity contribution in [2.75, 3.05) is 13.2 Å². The highest BCUT2D eigenvalue weighted by Gasteiger charge is 2.08. The number of nitrogens with zero attached hydrogens (tertiary/aromatic N) is 1. The third kappa shape index (κ3) is 1.43. The predicted molar refractivity (Wildman–Crippen MR) is 32.9 cm³/mol. The van der Waals surface area contributed by atoms with Crippen molar-refractivity contribution in [1.82, 2.24) is 5.32 Å². The molecular formula is C5H8N2O2. The quantitative estimate of drug-likeness (QED) is 0.379. The van der Waals surface area contributed by atoms with Crippen LogP contribution < -0.4 is 5.32 Å². The lowest BCUT2D eigenvalue weighted by Crippen LogP contribution is -2.26. The van der Waals surface area contributed by atoms with Crippen molar-refractivity contribution in [3.8, 4) is 0 Å². The van der Waals surface area contributed by atoms with E-state index in [2.05, 4.69) is 5.32 Å². The van der Waals surface area contributed by atoms with Crippen molar-refractivity contribution in [3.63, 3.8) is 0 Å². The average molecular weight is 128 g/mol. The van der Waals surface area contributed by atoms with Gasteiger partial charge in [-0.15, -0.1) is 0 Å². The molecule has 0 aromatic heterocycles. The van der Waals surface area contributed by atoms with E-state index in [-0.39, 0.29) is 6.61 Å². The molecule has 2 N–H and O–H groups in total. The van der Waals surface area contributed by atoms with E-state index < -0.39 is 0 Å². The summed E-state index contributed by atoms with van der Waals surface area (Å²) in [5.74, 6) is 0. The summed E-state index contributed by atoms with van der Waals surface area (Å²) in [5, 5.41) is 21.3. The van der Waals surface area contributed by atoms with Gasteiger partial charge >= 0.3 is 0 Å². The number of rotatable bonds is 3. The smallest absolute Gasteiger partial charge is 0.209 e. The lowest BCUT2D eigenvalue weighted by atomic mass is 10.4. The monoisotopic (exact) mass is 128 g/mol. The van der Waals surface area contributed by atoms with Crippen molar-refractivity contribution in [2.24, 2.45) is 0 Å². The molecule has 0 saturated heterocycles. The third-order valence-corrected chi connectivity index (χ3v) is 0.974. The van der Waals surface area contributed by atoms with E-state index in [1.54, 1.807) is 0 Å². The molecule has 9 heavy (non-hydrogen) atoms. The van der Waals surface area contributed by atoms with Crippen LogP contribution in [0, 0.1) is 5.21 Å². The van der Waals surface area contributed by atoms with Crippen LogP contribution in [0.2, 0.25) is 0 Å². The van der Waals surface area contributed by atoms with Crippen LogP contribution in [0.5, 0.6) is 0 Å². The molecule has 0 saturated carbocycles. The minimum absolute atomic E-state index is 0.0873. The molecule has 0 radical (unpaired) electrons. The summed E-state index contributed by atoms with van der Waals surface area (Å²) in [6, 6.07) is 0. The fourth-order valence-electron chi connectivity index (χ4n) is 0.554. The standard InChI is InChI=1S/C5H8N2O2/c8-2-1-6-5-3-7(9)4-5/h3-4,6,8H,1-2H2. The third-order valence-electron chi connectivity index (χ3n) is 0.974. The molecule has 1 rings (SSSR count). The zero-order valence-corrected chi connectivity index (χ0v) is 4.87. The lowest BCUT2D eigenvalue weighted by Gasteiger charge is -2.09. The molecule has 4 heteroatoms. The molecule has 0 unspecified atom stereocenters. The zero-order valence-electron chi connectivity index (χ0n) is 4.87. The fourth-order valence-corrected chi connectivity index (χ4v) is 0.554. The van der Waals surface area contributed by atoms with Gasteiger partial charge in [-0.3, -0.25) is 0 Å². The van der Waals surface area contributed by atoms with Crippen LogP contribution in [-0.2, 0) is 0 Å². The number of nitrogens with one attached hydrogen (secondary N) is 1. The molecule has 0 atom stereocenters. The summed E-state index contributed by atoms with van der Waals surface area (Å²) in [4.78, 5) is 0. The zero-order chi connectivity index (χ0) is 6.69. The first-order chi connectivity index (χ1) is 4.33. The van der Waals surface area contributed by atoms with Crippen LogP contribution >= 0.6 is 0 Å². The van der Waals surface area contributed by atoms with Crippen LogP contribution in [0.4, 0.5) is 0 Å². The van der Waals surface area contributed by atoms with Crippen LogP contribution in [0.15, 0.2) is 11.9 Å². The van der Waals surface area contributed by atoms with Gasteiger partial charge in [0.2, 0.25) is 12.4 Å². The molecule has 1 heterocycles. The van der Waals surface area contributed by atoms with Gasteiger partial charge in [-0.1, -0.05) is 0 Å². The van der Waals surface area contributed by atoms with E-state index in [9.17, 15) is 5.21 Å². The SMILES string of the molecule is [O-][N+]1=CC(NCCO)=C1. The Morgan fingerprint density at radius 3 is 2.89 bits per heavy atom. The highest BCUT2D eigenvalue weighted by Crippen LogP contribution is 1.94. The number of hydrogen-bond donors (Lipinski definition) is 2. The molecule has 1 aliphatic heterocycles. The normalized spacial score (nSPS) is 15.7. The first-order valence-corrected chi connectivity index (χ1v) is 2.70. The van der Waals surface area contributed by atoms with E-state index >= 15 is 0 Å². The van der Waals surface area contributed by atoms with Gasteiger partial charge in [0.15, 0.2) is 5.70 Å². The number of allylic oxidation sites excluding steroid dienone is 1. The number of hydroxylamine groups is 1. The van der Waals surface area contributed by atoms with Gasteiger partial charge in [0.25, 0.3) is 0 Å². The average Bonchev–Trinajstić information content (AvgIpc) is 1.78. The molecule has 4 nitrogen and oxygen atoms in total. The highest BCUT2D eigenvalue weighted by atomic mass is 16.5. The minimum atomic E-state index is 0.0873. The summed E-state index contributed by atoms with van der Waals surface area (Å²) < 4.78 is 0.708. The van der Waals surface area contributed by atoms with Gasteiger partial charge in [0.05, 0.1) is 6.61 Å². The molecule has 0 aromatic rings. The van der Waals surface area contributed by atoms with Gasteiger partial charge in [-0.05, 0) is 0 Å². The van der Waals surface area contributed by atoms with E-state index in [1.165, 1.54) is 12.4 Å². The molecule has 0 amide bonds. The molecule has 0 fully saturated rings. The van der Waals surface area contributed by atoms with Crippen LogP contribution in [0.25, 0.3) is 0 Å². The largest absolute Gasteiger partial charge is 0.619 e. The summed E-state index contributed by atoms with van der Waals surface area (Å²) in [6.07, 6.45) is 2.82. The molecule has 50 valence electrons. The van der Waals surface area contributed by atoms with Crippen molar-refractivity contribution in [3.05, 3.63) is 17.1 Å². The van der Waals surface area contributed by atoms with Crippen LogP contribution in [0.3, 0.4) is 0 Å². The maximum Gasteiger partial charge on any atom is 0.209 e. The Morgan fingerprint density at radius 2 is 2.44 bits per heavy atom. The molecule has 0 spiro atoms. The maximum atomic E-state index is 10.2. The molecule has 1 aliphatic rings. The van der Waals surface area contributed by atoms with E-state index in [0.29, 0.717) is 11.3 Å². The topological polar surface area (TPSA) is 58.3 Å². The highest BCUT2D eigenvalue weighted by molar-refractivity contribution is 5.76. The van der Waals surface area contributed by atoms with Crippen molar-refractivity contribution in [1.29, 1.82) is 0 Å². The van der Waals surface area contributed by atoms with Gasteiger partial charge in [-0.2, -0.15) is 4.74 Å². The van der Waals surface area contributed by atoms with Gasteiger partial charge in [0.1, 0.15) is 0 Å². The van der Waals surface area contributed by atoms with Crippen LogP contribution in [-0.4, -0.2) is 29.2 Å². The molecule has 0 aliphatic carbocycles. The number of aliphatic hydroxyl groups is 1. The van der Waals surface area contributed by atoms with Crippen LogP contribution in [0.1, 0.15) is 0 Å². The summed E-state index contributed by atoms with van der Waals surface area (Å²) in [7, 11) is 0. The second-order valence-electron chi connectivity index (χ2n) is 1.72. The second kappa shape index (κ2) is 2.50. The Hall–Kier alpha value is -1.03. The van der Waals surface area contributed by atoms with Crippen molar-refractivity contribution < 1.29 is 9.85 Å². The van der Waals surface area contributed by atoms with E-state index in [4.69, 9.17) is 5.11 Å². The number of hydrogen-bond acceptors (Lipinski definition) is 3. The van der Waals surface area contributed by atoms with E-state index in [0.717, 1.165) is 5.70 Å². The van der Waals surface area contributed by atoms with E-state index in [1.807, 2.05) is 0 Å². The molecule has 0 bridgehead atoms. The van der Waals surface area contributed by atoms with Gasteiger partial charge < -0.3 is 15.6 Å². The minimum Gasteiger partial charge on any atom is -0.619 e. The summed E-state index contributed by atoms with van der Waals surface area (Å²) in [6.45, 7) is 0.584. The Balaban J connectivity index is 2.11. The van der Waals surface area contributed by atoms with Gasteiger partial charge in [-0.25, -0.2) is 0 Å². The predicted octanol–water partition coefficient (Wildman–Crippen LogP) is -0.996. The molecule has 0 aromatic carbocycles. The Bertz CT molecular complexity index is 162. The van der Waals surface area contributed by atoms with Crippen molar-refractivity contribution in [2.45, 2.75) is 0 Å². The summed E-state index contributed by atoms with van der Waals surface area (Å²) in [5.41, 5.74) is 0.777.